The van der Waals surface area contributed by atoms with E-state index in [9.17, 15) is 17.6 Å². The highest BCUT2D eigenvalue weighted by Gasteiger charge is 2.32. The first-order valence-electron chi connectivity index (χ1n) is 7.99. The van der Waals surface area contributed by atoms with Gasteiger partial charge in [-0.05, 0) is 49.2 Å². The Hall–Kier alpha value is -2.35. The van der Waals surface area contributed by atoms with E-state index in [2.05, 4.69) is 5.32 Å². The zero-order valence-corrected chi connectivity index (χ0v) is 14.3. The molecule has 0 aliphatic carbocycles. The maximum absolute atomic E-state index is 12.9. The number of sulfone groups is 1. The molecule has 1 saturated heterocycles. The number of anilines is 1. The van der Waals surface area contributed by atoms with E-state index in [-0.39, 0.29) is 17.6 Å². The van der Waals surface area contributed by atoms with Crippen molar-refractivity contribution in [3.8, 4) is 0 Å². The van der Waals surface area contributed by atoms with Crippen molar-refractivity contribution in [2.45, 2.75) is 23.8 Å². The van der Waals surface area contributed by atoms with Gasteiger partial charge in [-0.25, -0.2) is 17.6 Å². The zero-order chi connectivity index (χ0) is 17.9. The van der Waals surface area contributed by atoms with Crippen LogP contribution in [0.4, 0.5) is 14.9 Å². The Balaban J connectivity index is 1.54. The van der Waals surface area contributed by atoms with Crippen molar-refractivity contribution in [2.24, 2.45) is 0 Å². The minimum atomic E-state index is -3.31. The second kappa shape index (κ2) is 7.26. The smallest absolute Gasteiger partial charge is 0.321 e. The molecule has 8 heteroatoms. The number of benzene rings is 1. The number of carbonyl (C=O) groups excluding carboxylic acids is 1. The van der Waals surface area contributed by atoms with Crippen LogP contribution in [-0.2, 0) is 15.6 Å². The average Bonchev–Trinajstić information content (AvgIpc) is 3.09. The zero-order valence-electron chi connectivity index (χ0n) is 13.5. The van der Waals surface area contributed by atoms with Crippen LogP contribution in [0.3, 0.4) is 0 Å². The summed E-state index contributed by atoms with van der Waals surface area (Å²) in [6, 6.07) is 8.48. The molecule has 2 heterocycles. The monoisotopic (exact) mass is 366 g/mol. The second-order valence-corrected chi connectivity index (χ2v) is 8.29. The van der Waals surface area contributed by atoms with Gasteiger partial charge in [-0.2, -0.15) is 0 Å². The Kier molecular flexibility index (Phi) is 5.08. The predicted molar refractivity (Wildman–Crippen MR) is 91.3 cm³/mol. The van der Waals surface area contributed by atoms with Crippen LogP contribution in [-0.4, -0.2) is 37.7 Å². The van der Waals surface area contributed by atoms with Gasteiger partial charge in [0.05, 0.1) is 11.5 Å². The molecule has 25 heavy (non-hydrogen) atoms. The number of nitrogens with zero attached hydrogens (tertiary/aromatic N) is 1. The molecule has 1 aromatic heterocycles. The Bertz CT molecular complexity index is 811. The first-order valence-corrected chi connectivity index (χ1v) is 9.71. The molecule has 2 aromatic rings. The number of furan rings is 1. The van der Waals surface area contributed by atoms with Gasteiger partial charge in [0.15, 0.2) is 9.84 Å². The van der Waals surface area contributed by atoms with Gasteiger partial charge in [0.25, 0.3) is 0 Å². The Morgan fingerprint density at radius 1 is 1.20 bits per heavy atom. The number of hydrogen-bond acceptors (Lipinski definition) is 4. The van der Waals surface area contributed by atoms with Crippen molar-refractivity contribution >= 4 is 21.6 Å². The number of rotatable bonds is 4. The van der Waals surface area contributed by atoms with Crippen LogP contribution in [0.15, 0.2) is 47.1 Å². The van der Waals surface area contributed by atoms with Gasteiger partial charge in [0, 0.05) is 18.8 Å². The lowest BCUT2D eigenvalue weighted by Gasteiger charge is -2.31. The van der Waals surface area contributed by atoms with Crippen molar-refractivity contribution in [3.63, 3.8) is 0 Å². The largest absolute Gasteiger partial charge is 0.468 e. The van der Waals surface area contributed by atoms with Gasteiger partial charge < -0.3 is 14.6 Å². The molecule has 0 bridgehead atoms. The fraction of sp³-hybridized carbons (Fsp3) is 0.353. The lowest BCUT2D eigenvalue weighted by atomic mass is 10.1. The fourth-order valence-electron chi connectivity index (χ4n) is 2.86. The van der Waals surface area contributed by atoms with Crippen LogP contribution in [0.25, 0.3) is 0 Å². The first-order chi connectivity index (χ1) is 11.9. The Labute approximate surface area is 145 Å². The lowest BCUT2D eigenvalue weighted by Crippen LogP contribution is -2.44. The number of piperidine rings is 1. The first kappa shape index (κ1) is 17.5. The Morgan fingerprint density at radius 2 is 1.88 bits per heavy atom. The summed E-state index contributed by atoms with van der Waals surface area (Å²) >= 11 is 0. The molecular formula is C17H19FN2O4S. The highest BCUT2D eigenvalue weighted by Crippen LogP contribution is 2.22. The molecule has 0 unspecified atom stereocenters. The van der Waals surface area contributed by atoms with Crippen LogP contribution >= 0.6 is 0 Å². The lowest BCUT2D eigenvalue weighted by molar-refractivity contribution is 0.200. The number of hydrogen-bond donors (Lipinski definition) is 1. The number of nitrogens with one attached hydrogen (secondary N) is 1. The third kappa shape index (κ3) is 4.39. The summed E-state index contributed by atoms with van der Waals surface area (Å²) in [6.45, 7) is 0.712. The van der Waals surface area contributed by atoms with Crippen LogP contribution < -0.4 is 5.32 Å². The van der Waals surface area contributed by atoms with E-state index < -0.39 is 15.1 Å². The van der Waals surface area contributed by atoms with Crippen LogP contribution in [0.1, 0.15) is 18.6 Å². The topological polar surface area (TPSA) is 79.6 Å². The molecule has 0 radical (unpaired) electrons. The minimum Gasteiger partial charge on any atom is -0.468 e. The van der Waals surface area contributed by atoms with Gasteiger partial charge in [-0.3, -0.25) is 0 Å². The van der Waals surface area contributed by atoms with Gasteiger partial charge in [-0.1, -0.05) is 0 Å². The van der Waals surface area contributed by atoms with E-state index >= 15 is 0 Å². The van der Waals surface area contributed by atoms with E-state index in [0.29, 0.717) is 37.4 Å². The summed E-state index contributed by atoms with van der Waals surface area (Å²) < 4.78 is 42.9. The van der Waals surface area contributed by atoms with E-state index in [1.165, 1.54) is 30.5 Å². The summed E-state index contributed by atoms with van der Waals surface area (Å²) in [4.78, 5) is 13.8. The molecule has 1 N–H and O–H groups in total. The van der Waals surface area contributed by atoms with Gasteiger partial charge >= 0.3 is 6.03 Å². The number of urea groups is 1. The summed E-state index contributed by atoms with van der Waals surface area (Å²) in [5.74, 6) is -0.0658. The molecule has 0 saturated carbocycles. The van der Waals surface area contributed by atoms with Crippen molar-refractivity contribution in [3.05, 3.63) is 54.2 Å². The molecule has 3 rings (SSSR count). The minimum absolute atomic E-state index is 0.119. The summed E-state index contributed by atoms with van der Waals surface area (Å²) in [5.41, 5.74) is 0.499. The van der Waals surface area contributed by atoms with Crippen LogP contribution in [0.2, 0.25) is 0 Å². The molecular weight excluding hydrogens is 347 g/mol. The molecule has 2 amide bonds. The molecule has 0 atom stereocenters. The van der Waals surface area contributed by atoms with Crippen molar-refractivity contribution < 1.29 is 22.0 Å². The van der Waals surface area contributed by atoms with Gasteiger partial charge in [-0.15, -0.1) is 0 Å². The summed E-state index contributed by atoms with van der Waals surface area (Å²) in [7, 11) is -3.31. The maximum atomic E-state index is 12.9. The Morgan fingerprint density at radius 3 is 2.48 bits per heavy atom. The highest BCUT2D eigenvalue weighted by atomic mass is 32.2. The van der Waals surface area contributed by atoms with Crippen molar-refractivity contribution in [2.75, 3.05) is 18.4 Å². The predicted octanol–water partition coefficient (Wildman–Crippen LogP) is 3.03. The summed E-state index contributed by atoms with van der Waals surface area (Å²) in [6.07, 6.45) is 2.23. The molecule has 1 aromatic carbocycles. The molecule has 6 nitrogen and oxygen atoms in total. The van der Waals surface area contributed by atoms with E-state index in [1.807, 2.05) is 0 Å². The number of amides is 2. The van der Waals surface area contributed by atoms with Crippen LogP contribution in [0, 0.1) is 5.82 Å². The molecule has 0 spiro atoms. The quantitative estimate of drug-likeness (QED) is 0.902. The second-order valence-electron chi connectivity index (χ2n) is 6.01. The normalized spacial score (nSPS) is 16.0. The standard InChI is InChI=1S/C17H19FN2O4S/c18-13-3-5-14(6-4-13)19-17(21)20-9-7-16(8-10-20)25(22,23)12-15-2-1-11-24-15/h1-6,11,16H,7-10,12H2,(H,19,21). The van der Waals surface area contributed by atoms with Gasteiger partial charge in [0.2, 0.25) is 0 Å². The summed E-state index contributed by atoms with van der Waals surface area (Å²) in [5, 5.41) is 2.21. The molecule has 1 fully saturated rings. The fourth-order valence-corrected chi connectivity index (χ4v) is 4.59. The van der Waals surface area contributed by atoms with E-state index in [4.69, 9.17) is 4.42 Å². The van der Waals surface area contributed by atoms with Crippen molar-refractivity contribution in [1.82, 2.24) is 4.90 Å². The molecule has 134 valence electrons. The van der Waals surface area contributed by atoms with E-state index in [1.54, 1.807) is 17.0 Å². The number of halogens is 1. The SMILES string of the molecule is O=C(Nc1ccc(F)cc1)N1CCC(S(=O)(=O)Cc2ccco2)CC1. The maximum Gasteiger partial charge on any atom is 0.321 e. The third-order valence-electron chi connectivity index (χ3n) is 4.26. The average molecular weight is 366 g/mol. The van der Waals surface area contributed by atoms with Gasteiger partial charge in [0.1, 0.15) is 17.3 Å². The highest BCUT2D eigenvalue weighted by molar-refractivity contribution is 7.91. The van der Waals surface area contributed by atoms with Crippen LogP contribution in [0.5, 0.6) is 0 Å². The molecule has 1 aliphatic rings. The van der Waals surface area contributed by atoms with E-state index in [0.717, 1.165) is 0 Å². The third-order valence-corrected chi connectivity index (χ3v) is 6.43. The number of carbonyl (C=O) groups is 1. The number of likely N-dealkylation sites (tertiary alicyclic amines) is 1. The molecule has 1 aliphatic heterocycles. The van der Waals surface area contributed by atoms with Crippen molar-refractivity contribution in [1.29, 1.82) is 0 Å².